The molecule has 0 saturated carbocycles. The van der Waals surface area contributed by atoms with E-state index >= 15 is 0 Å². The van der Waals surface area contributed by atoms with Crippen molar-refractivity contribution in [1.29, 1.82) is 0 Å². The lowest BCUT2D eigenvalue weighted by Crippen LogP contribution is -2.34. The SMILES string of the molecule is COc1cccc(-c2nnc(C(=O)NS(=O)(=O)C(C)c3ccccc3)[nH]2)n1. The Balaban J connectivity index is 1.78. The molecule has 3 aromatic rings. The lowest BCUT2D eigenvalue weighted by Gasteiger charge is -2.13. The number of H-pyrrole nitrogens is 1. The van der Waals surface area contributed by atoms with E-state index in [1.807, 2.05) is 4.72 Å². The van der Waals surface area contributed by atoms with Crippen LogP contribution in [0.5, 0.6) is 5.88 Å². The molecule has 9 nitrogen and oxygen atoms in total. The molecule has 1 aromatic carbocycles. The predicted octanol–water partition coefficient (Wildman–Crippen LogP) is 1.70. The van der Waals surface area contributed by atoms with Gasteiger partial charge in [0.1, 0.15) is 10.9 Å². The summed E-state index contributed by atoms with van der Waals surface area (Å²) >= 11 is 0. The topological polar surface area (TPSA) is 127 Å². The summed E-state index contributed by atoms with van der Waals surface area (Å²) in [6.07, 6.45) is 0. The monoisotopic (exact) mass is 387 g/mol. The fourth-order valence-electron chi connectivity index (χ4n) is 2.31. The molecule has 0 bridgehead atoms. The highest BCUT2D eigenvalue weighted by Gasteiger charge is 2.26. The number of carbonyl (C=O) groups is 1. The number of pyridine rings is 1. The van der Waals surface area contributed by atoms with Crippen molar-refractivity contribution in [2.75, 3.05) is 7.11 Å². The Morgan fingerprint density at radius 3 is 2.56 bits per heavy atom. The van der Waals surface area contributed by atoms with E-state index in [0.717, 1.165) is 0 Å². The van der Waals surface area contributed by atoms with Crippen LogP contribution in [0.25, 0.3) is 11.5 Å². The van der Waals surface area contributed by atoms with Crippen molar-refractivity contribution in [2.24, 2.45) is 0 Å². The number of carbonyl (C=O) groups excluding carboxylic acids is 1. The van der Waals surface area contributed by atoms with Gasteiger partial charge in [0.05, 0.1) is 7.11 Å². The number of nitrogens with one attached hydrogen (secondary N) is 2. The zero-order valence-corrected chi connectivity index (χ0v) is 15.4. The van der Waals surface area contributed by atoms with Gasteiger partial charge in [-0.3, -0.25) is 4.79 Å². The first kappa shape index (κ1) is 18.5. The molecule has 27 heavy (non-hydrogen) atoms. The Hall–Kier alpha value is -3.27. The zero-order valence-electron chi connectivity index (χ0n) is 14.6. The first-order chi connectivity index (χ1) is 12.9. The molecule has 0 radical (unpaired) electrons. The molecule has 0 aliphatic heterocycles. The van der Waals surface area contributed by atoms with Crippen LogP contribution in [0, 0.1) is 0 Å². The smallest absolute Gasteiger partial charge is 0.302 e. The van der Waals surface area contributed by atoms with Crippen LogP contribution in [0.1, 0.15) is 28.4 Å². The van der Waals surface area contributed by atoms with Gasteiger partial charge in [-0.15, -0.1) is 10.2 Å². The lowest BCUT2D eigenvalue weighted by molar-refractivity contribution is 0.0971. The molecule has 0 aliphatic rings. The maximum absolute atomic E-state index is 12.5. The van der Waals surface area contributed by atoms with E-state index in [0.29, 0.717) is 17.1 Å². The number of methoxy groups -OCH3 is 1. The maximum Gasteiger partial charge on any atom is 0.302 e. The Kier molecular flexibility index (Phi) is 5.17. The summed E-state index contributed by atoms with van der Waals surface area (Å²) in [5.41, 5.74) is 0.970. The van der Waals surface area contributed by atoms with Gasteiger partial charge in [0.2, 0.25) is 21.7 Å². The average molecular weight is 387 g/mol. The molecule has 2 aromatic heterocycles. The molecule has 0 saturated heterocycles. The highest BCUT2D eigenvalue weighted by Crippen LogP contribution is 2.21. The Bertz CT molecular complexity index is 1050. The third-order valence-electron chi connectivity index (χ3n) is 3.85. The number of ether oxygens (including phenoxy) is 1. The van der Waals surface area contributed by atoms with Crippen molar-refractivity contribution in [3.63, 3.8) is 0 Å². The second-order valence-corrected chi connectivity index (χ2v) is 7.62. The normalized spacial score (nSPS) is 12.4. The number of nitrogens with zero attached hydrogens (tertiary/aromatic N) is 3. The number of hydrogen-bond donors (Lipinski definition) is 2. The highest BCUT2D eigenvalue weighted by molar-refractivity contribution is 7.90. The molecule has 1 unspecified atom stereocenters. The number of rotatable bonds is 6. The van der Waals surface area contributed by atoms with Gasteiger partial charge in [-0.25, -0.2) is 18.1 Å². The van der Waals surface area contributed by atoms with Gasteiger partial charge in [-0.05, 0) is 18.6 Å². The summed E-state index contributed by atoms with van der Waals surface area (Å²) in [6.45, 7) is 1.50. The van der Waals surface area contributed by atoms with Gasteiger partial charge >= 0.3 is 5.91 Å². The van der Waals surface area contributed by atoms with Crippen molar-refractivity contribution in [3.8, 4) is 17.4 Å². The van der Waals surface area contributed by atoms with Crippen molar-refractivity contribution in [1.82, 2.24) is 24.9 Å². The van der Waals surface area contributed by atoms with E-state index in [2.05, 4.69) is 20.2 Å². The second-order valence-electron chi connectivity index (χ2n) is 5.62. The third-order valence-corrected chi connectivity index (χ3v) is 5.52. The molecule has 140 valence electrons. The first-order valence-corrected chi connectivity index (χ1v) is 9.50. The average Bonchev–Trinajstić information content (AvgIpc) is 3.18. The molecule has 3 rings (SSSR count). The Morgan fingerprint density at radius 2 is 1.85 bits per heavy atom. The minimum absolute atomic E-state index is 0.215. The fourth-order valence-corrected chi connectivity index (χ4v) is 3.36. The van der Waals surface area contributed by atoms with Crippen LogP contribution in [-0.4, -0.2) is 41.6 Å². The van der Waals surface area contributed by atoms with Crippen LogP contribution in [0.2, 0.25) is 0 Å². The highest BCUT2D eigenvalue weighted by atomic mass is 32.2. The van der Waals surface area contributed by atoms with Crippen molar-refractivity contribution in [2.45, 2.75) is 12.2 Å². The number of hydrogen-bond acceptors (Lipinski definition) is 7. The number of sulfonamides is 1. The van der Waals surface area contributed by atoms with E-state index < -0.39 is 21.2 Å². The summed E-state index contributed by atoms with van der Waals surface area (Å²) < 4.78 is 31.9. The van der Waals surface area contributed by atoms with Crippen LogP contribution in [0.3, 0.4) is 0 Å². The van der Waals surface area contributed by atoms with Crippen molar-refractivity contribution >= 4 is 15.9 Å². The number of aromatic amines is 1. The van der Waals surface area contributed by atoms with Crippen LogP contribution < -0.4 is 9.46 Å². The molecule has 0 fully saturated rings. The fraction of sp³-hybridized carbons (Fsp3) is 0.176. The van der Waals surface area contributed by atoms with Crippen molar-refractivity contribution in [3.05, 3.63) is 59.9 Å². The van der Waals surface area contributed by atoms with Gasteiger partial charge in [0.25, 0.3) is 0 Å². The van der Waals surface area contributed by atoms with Crippen LogP contribution in [-0.2, 0) is 10.0 Å². The Morgan fingerprint density at radius 1 is 1.11 bits per heavy atom. The summed E-state index contributed by atoms with van der Waals surface area (Å²) in [6, 6.07) is 13.6. The first-order valence-electron chi connectivity index (χ1n) is 7.95. The summed E-state index contributed by atoms with van der Waals surface area (Å²) in [5.74, 6) is -0.556. The van der Waals surface area contributed by atoms with E-state index in [9.17, 15) is 13.2 Å². The third kappa shape index (κ3) is 4.11. The van der Waals surface area contributed by atoms with Gasteiger partial charge in [0, 0.05) is 6.07 Å². The lowest BCUT2D eigenvalue weighted by atomic mass is 10.2. The van der Waals surface area contributed by atoms with Gasteiger partial charge in [0.15, 0.2) is 5.82 Å². The van der Waals surface area contributed by atoms with E-state index in [1.54, 1.807) is 48.5 Å². The van der Waals surface area contributed by atoms with E-state index in [-0.39, 0.29) is 11.6 Å². The maximum atomic E-state index is 12.5. The molecule has 0 aliphatic carbocycles. The Labute approximate surface area is 155 Å². The van der Waals surface area contributed by atoms with E-state index in [1.165, 1.54) is 14.0 Å². The van der Waals surface area contributed by atoms with Crippen LogP contribution >= 0.6 is 0 Å². The molecule has 0 spiro atoms. The molecule has 1 amide bonds. The van der Waals surface area contributed by atoms with E-state index in [4.69, 9.17) is 4.74 Å². The molecule has 1 atom stereocenters. The van der Waals surface area contributed by atoms with Gasteiger partial charge in [-0.2, -0.15) is 0 Å². The molecule has 10 heteroatoms. The quantitative estimate of drug-likeness (QED) is 0.659. The second kappa shape index (κ2) is 7.54. The largest absolute Gasteiger partial charge is 0.481 e. The molecule has 2 N–H and O–H groups in total. The zero-order chi connectivity index (χ0) is 19.4. The summed E-state index contributed by atoms with van der Waals surface area (Å²) in [5, 5.41) is 6.63. The van der Waals surface area contributed by atoms with Gasteiger partial charge < -0.3 is 9.72 Å². The standard InChI is InChI=1S/C17H17N5O4S/c1-11(12-7-4-3-5-8-12)27(24,25)22-17(23)16-19-15(20-21-16)13-9-6-10-14(18-13)26-2/h3-11H,1-2H3,(H,22,23)(H,19,20,21). The minimum Gasteiger partial charge on any atom is -0.481 e. The number of amides is 1. The summed E-state index contributed by atoms with van der Waals surface area (Å²) in [4.78, 5) is 19.1. The minimum atomic E-state index is -3.95. The molecular formula is C17H17N5O4S. The number of aromatic nitrogens is 4. The number of benzene rings is 1. The molecule has 2 heterocycles. The van der Waals surface area contributed by atoms with Crippen LogP contribution in [0.4, 0.5) is 0 Å². The van der Waals surface area contributed by atoms with Crippen LogP contribution in [0.15, 0.2) is 48.5 Å². The summed E-state index contributed by atoms with van der Waals surface area (Å²) in [7, 11) is -2.47. The molecular weight excluding hydrogens is 370 g/mol. The predicted molar refractivity (Wildman–Crippen MR) is 97.4 cm³/mol. The van der Waals surface area contributed by atoms with Crippen molar-refractivity contribution < 1.29 is 17.9 Å². The van der Waals surface area contributed by atoms with Gasteiger partial charge in [-0.1, -0.05) is 36.4 Å².